The average molecular weight is 331 g/mol. The Kier molecular flexibility index (Phi) is 4.39. The molecule has 3 rings (SSSR count). The van der Waals surface area contributed by atoms with Gasteiger partial charge in [-0.3, -0.25) is 5.32 Å². The Bertz CT molecular complexity index is 703. The van der Waals surface area contributed by atoms with Crippen LogP contribution in [0.2, 0.25) is 5.02 Å². The fourth-order valence-corrected chi connectivity index (χ4v) is 2.69. The SMILES string of the molecule is Cc1cc(C)c(Nc2ccc(NC(=O)NC3CC3)nc2)c(Cl)c1. The normalized spacial score (nSPS) is 13.5. The van der Waals surface area contributed by atoms with Gasteiger partial charge in [-0.25, -0.2) is 9.78 Å². The first-order valence-electron chi connectivity index (χ1n) is 7.58. The van der Waals surface area contributed by atoms with Gasteiger partial charge in [-0.15, -0.1) is 0 Å². The number of anilines is 3. The summed E-state index contributed by atoms with van der Waals surface area (Å²) in [6, 6.07) is 7.71. The van der Waals surface area contributed by atoms with Crippen molar-refractivity contribution in [3.05, 3.63) is 46.6 Å². The van der Waals surface area contributed by atoms with Gasteiger partial charge in [0.25, 0.3) is 0 Å². The summed E-state index contributed by atoms with van der Waals surface area (Å²) in [5, 5.41) is 9.52. The summed E-state index contributed by atoms with van der Waals surface area (Å²) in [7, 11) is 0. The van der Waals surface area contributed by atoms with E-state index in [4.69, 9.17) is 11.6 Å². The molecule has 2 aromatic rings. The summed E-state index contributed by atoms with van der Waals surface area (Å²) in [5.74, 6) is 0.514. The van der Waals surface area contributed by atoms with E-state index >= 15 is 0 Å². The molecule has 0 saturated heterocycles. The van der Waals surface area contributed by atoms with Gasteiger partial charge in [0, 0.05) is 6.04 Å². The lowest BCUT2D eigenvalue weighted by molar-refractivity contribution is 0.251. The minimum atomic E-state index is -0.210. The van der Waals surface area contributed by atoms with Crippen molar-refractivity contribution < 1.29 is 4.79 Å². The molecule has 1 aliphatic rings. The minimum Gasteiger partial charge on any atom is -0.353 e. The maximum atomic E-state index is 11.7. The Morgan fingerprint density at radius 3 is 2.65 bits per heavy atom. The maximum Gasteiger partial charge on any atom is 0.320 e. The highest BCUT2D eigenvalue weighted by Gasteiger charge is 2.23. The molecule has 2 amide bonds. The molecular formula is C17H19ClN4O. The fourth-order valence-electron chi connectivity index (χ4n) is 2.33. The molecular weight excluding hydrogens is 312 g/mol. The Hall–Kier alpha value is -2.27. The zero-order valence-corrected chi connectivity index (χ0v) is 13.9. The first-order valence-corrected chi connectivity index (χ1v) is 7.96. The molecule has 1 heterocycles. The highest BCUT2D eigenvalue weighted by atomic mass is 35.5. The Labute approximate surface area is 140 Å². The lowest BCUT2D eigenvalue weighted by atomic mass is 10.1. The molecule has 0 aliphatic heterocycles. The summed E-state index contributed by atoms with van der Waals surface area (Å²) in [6.07, 6.45) is 3.78. The standard InChI is InChI=1S/C17H19ClN4O/c1-10-7-11(2)16(14(18)8-10)20-13-5-6-15(19-9-13)22-17(23)21-12-3-4-12/h5-9,12,20H,3-4H2,1-2H3,(H2,19,21,22,23). The van der Waals surface area contributed by atoms with Crippen molar-refractivity contribution in [1.82, 2.24) is 10.3 Å². The van der Waals surface area contributed by atoms with Crippen molar-refractivity contribution in [3.63, 3.8) is 0 Å². The van der Waals surface area contributed by atoms with Crippen LogP contribution < -0.4 is 16.0 Å². The van der Waals surface area contributed by atoms with Crippen molar-refractivity contribution in [2.75, 3.05) is 10.6 Å². The highest BCUT2D eigenvalue weighted by Crippen LogP contribution is 2.30. The Morgan fingerprint density at radius 1 is 1.26 bits per heavy atom. The van der Waals surface area contributed by atoms with Crippen LogP contribution in [0.5, 0.6) is 0 Å². The number of rotatable bonds is 4. The molecule has 0 atom stereocenters. The largest absolute Gasteiger partial charge is 0.353 e. The number of aromatic nitrogens is 1. The van der Waals surface area contributed by atoms with Gasteiger partial charge in [-0.1, -0.05) is 17.7 Å². The smallest absolute Gasteiger partial charge is 0.320 e. The molecule has 6 heteroatoms. The zero-order chi connectivity index (χ0) is 16.4. The molecule has 1 fully saturated rings. The van der Waals surface area contributed by atoms with Crippen molar-refractivity contribution in [2.24, 2.45) is 0 Å². The third kappa shape index (κ3) is 4.13. The summed E-state index contributed by atoms with van der Waals surface area (Å²) in [5.41, 5.74) is 3.87. The van der Waals surface area contributed by atoms with E-state index in [2.05, 4.69) is 27.0 Å². The molecule has 1 aromatic carbocycles. The number of carbonyl (C=O) groups is 1. The maximum absolute atomic E-state index is 11.7. The number of hydrogen-bond donors (Lipinski definition) is 3. The lowest BCUT2D eigenvalue weighted by Gasteiger charge is -2.13. The summed E-state index contributed by atoms with van der Waals surface area (Å²) in [6.45, 7) is 4.02. The molecule has 0 unspecified atom stereocenters. The van der Waals surface area contributed by atoms with Gasteiger partial charge in [0.15, 0.2) is 0 Å². The van der Waals surface area contributed by atoms with E-state index in [9.17, 15) is 4.79 Å². The predicted molar refractivity (Wildman–Crippen MR) is 93.6 cm³/mol. The Balaban J connectivity index is 1.66. The number of pyridine rings is 1. The molecule has 5 nitrogen and oxygen atoms in total. The third-order valence-electron chi connectivity index (χ3n) is 3.62. The highest BCUT2D eigenvalue weighted by molar-refractivity contribution is 6.33. The summed E-state index contributed by atoms with van der Waals surface area (Å²) >= 11 is 6.29. The van der Waals surface area contributed by atoms with Gasteiger partial charge in [-0.2, -0.15) is 0 Å². The molecule has 0 bridgehead atoms. The van der Waals surface area contributed by atoms with Crippen LogP contribution in [0.25, 0.3) is 0 Å². The van der Waals surface area contributed by atoms with E-state index in [1.807, 2.05) is 26.0 Å². The third-order valence-corrected chi connectivity index (χ3v) is 3.92. The molecule has 3 N–H and O–H groups in total. The van der Waals surface area contributed by atoms with E-state index < -0.39 is 0 Å². The van der Waals surface area contributed by atoms with Crippen LogP contribution in [-0.4, -0.2) is 17.1 Å². The van der Waals surface area contributed by atoms with Crippen LogP contribution in [0.3, 0.4) is 0 Å². The van der Waals surface area contributed by atoms with Gasteiger partial charge in [0.2, 0.25) is 0 Å². The quantitative estimate of drug-likeness (QED) is 0.779. The topological polar surface area (TPSA) is 66.0 Å². The van der Waals surface area contributed by atoms with Crippen LogP contribution >= 0.6 is 11.6 Å². The van der Waals surface area contributed by atoms with Crippen LogP contribution in [0.15, 0.2) is 30.5 Å². The number of hydrogen-bond acceptors (Lipinski definition) is 3. The van der Waals surface area contributed by atoms with E-state index in [1.54, 1.807) is 12.3 Å². The molecule has 1 saturated carbocycles. The van der Waals surface area contributed by atoms with E-state index in [1.165, 1.54) is 0 Å². The summed E-state index contributed by atoms with van der Waals surface area (Å²) < 4.78 is 0. The van der Waals surface area contributed by atoms with Crippen molar-refractivity contribution in [1.29, 1.82) is 0 Å². The lowest BCUT2D eigenvalue weighted by Crippen LogP contribution is -2.30. The van der Waals surface area contributed by atoms with Crippen molar-refractivity contribution >= 4 is 34.8 Å². The average Bonchev–Trinajstić information content (AvgIpc) is 3.28. The first kappa shape index (κ1) is 15.6. The second kappa shape index (κ2) is 6.46. The van der Waals surface area contributed by atoms with Gasteiger partial charge in [0.1, 0.15) is 5.82 Å². The van der Waals surface area contributed by atoms with Crippen molar-refractivity contribution in [3.8, 4) is 0 Å². The molecule has 0 spiro atoms. The molecule has 120 valence electrons. The monoisotopic (exact) mass is 330 g/mol. The van der Waals surface area contributed by atoms with Gasteiger partial charge in [-0.05, 0) is 56.0 Å². The number of nitrogens with zero attached hydrogens (tertiary/aromatic N) is 1. The van der Waals surface area contributed by atoms with Crippen LogP contribution in [0.4, 0.5) is 22.0 Å². The van der Waals surface area contributed by atoms with Crippen molar-refractivity contribution in [2.45, 2.75) is 32.7 Å². The number of amides is 2. The van der Waals surface area contributed by atoms with Crippen LogP contribution in [-0.2, 0) is 0 Å². The Morgan fingerprint density at radius 2 is 2.04 bits per heavy atom. The predicted octanol–water partition coefficient (Wildman–Crippen LogP) is 4.38. The molecule has 23 heavy (non-hydrogen) atoms. The number of carbonyl (C=O) groups excluding carboxylic acids is 1. The first-order chi connectivity index (χ1) is 11.0. The van der Waals surface area contributed by atoms with E-state index in [0.29, 0.717) is 16.9 Å². The van der Waals surface area contributed by atoms with E-state index in [-0.39, 0.29) is 6.03 Å². The number of urea groups is 1. The zero-order valence-electron chi connectivity index (χ0n) is 13.1. The van der Waals surface area contributed by atoms with Gasteiger partial charge >= 0.3 is 6.03 Å². The molecule has 0 radical (unpaired) electrons. The summed E-state index contributed by atoms with van der Waals surface area (Å²) in [4.78, 5) is 15.9. The minimum absolute atomic E-state index is 0.210. The van der Waals surface area contributed by atoms with Gasteiger partial charge in [0.05, 0.1) is 22.6 Å². The number of aryl methyl sites for hydroxylation is 2. The number of nitrogens with one attached hydrogen (secondary N) is 3. The second-order valence-electron chi connectivity index (χ2n) is 5.87. The van der Waals surface area contributed by atoms with Crippen LogP contribution in [0, 0.1) is 13.8 Å². The second-order valence-corrected chi connectivity index (χ2v) is 6.28. The fraction of sp³-hybridized carbons (Fsp3) is 0.294. The van der Waals surface area contributed by atoms with Gasteiger partial charge < -0.3 is 10.6 Å². The van der Waals surface area contributed by atoms with E-state index in [0.717, 1.165) is 35.3 Å². The molecule has 1 aromatic heterocycles. The number of halogens is 1. The number of benzene rings is 1. The molecule has 1 aliphatic carbocycles. The van der Waals surface area contributed by atoms with Crippen LogP contribution in [0.1, 0.15) is 24.0 Å².